The van der Waals surface area contributed by atoms with Crippen LogP contribution in [-0.4, -0.2) is 22.9 Å². The summed E-state index contributed by atoms with van der Waals surface area (Å²) in [6, 6.07) is 13.9. The first-order valence-electron chi connectivity index (χ1n) is 8.89. The van der Waals surface area contributed by atoms with Crippen LogP contribution in [-0.2, 0) is 11.0 Å². The molecular weight excluding hydrogens is 351 g/mol. The van der Waals surface area contributed by atoms with Crippen molar-refractivity contribution in [3.63, 3.8) is 0 Å². The molecule has 0 aliphatic carbocycles. The number of hydrogen-bond donors (Lipinski definition) is 0. The molecule has 2 aromatic rings. The summed E-state index contributed by atoms with van der Waals surface area (Å²) in [6.45, 7) is 7.55. The number of carbonyl (C=O) groups excluding carboxylic acids is 1. The summed E-state index contributed by atoms with van der Waals surface area (Å²) in [4.78, 5) is 14.6. The zero-order valence-electron chi connectivity index (χ0n) is 15.9. The van der Waals surface area contributed by atoms with Gasteiger partial charge in [-0.3, -0.25) is 4.79 Å². The average Bonchev–Trinajstić information content (AvgIpc) is 2.59. The number of halogens is 3. The summed E-state index contributed by atoms with van der Waals surface area (Å²) in [6.07, 6.45) is -3.19. The molecule has 0 spiro atoms. The molecule has 0 unspecified atom stereocenters. The molecule has 5 heteroatoms. The molecule has 1 amide bonds. The Hall–Kier alpha value is -2.56. The van der Waals surface area contributed by atoms with E-state index in [2.05, 4.69) is 0 Å². The van der Waals surface area contributed by atoms with E-state index in [1.165, 1.54) is 18.2 Å². The lowest BCUT2D eigenvalue weighted by atomic mass is 9.93. The fourth-order valence-corrected chi connectivity index (χ4v) is 3.20. The molecule has 0 fully saturated rings. The van der Waals surface area contributed by atoms with E-state index < -0.39 is 11.7 Å². The summed E-state index contributed by atoms with van der Waals surface area (Å²) < 4.78 is 40.7. The van der Waals surface area contributed by atoms with Crippen LogP contribution >= 0.6 is 0 Å². The molecule has 0 atom stereocenters. The number of nitrogens with zero attached hydrogens (tertiary/aromatic N) is 1. The van der Waals surface area contributed by atoms with Crippen molar-refractivity contribution in [2.24, 2.45) is 0 Å². The van der Waals surface area contributed by atoms with E-state index >= 15 is 0 Å². The number of alkyl halides is 3. The van der Waals surface area contributed by atoms with Gasteiger partial charge < -0.3 is 4.90 Å². The number of carbonyl (C=O) groups is 1. The molecular formula is C22H24F3NO. The third-order valence-electron chi connectivity index (χ3n) is 4.24. The van der Waals surface area contributed by atoms with Crippen LogP contribution < -0.4 is 0 Å². The molecule has 0 heterocycles. The predicted molar refractivity (Wildman–Crippen MR) is 102 cm³/mol. The minimum absolute atomic E-state index is 0.00277. The largest absolute Gasteiger partial charge is 0.417 e. The van der Waals surface area contributed by atoms with E-state index in [0.29, 0.717) is 5.56 Å². The third-order valence-corrected chi connectivity index (χ3v) is 4.24. The van der Waals surface area contributed by atoms with Gasteiger partial charge in [0.05, 0.1) is 5.56 Å². The lowest BCUT2D eigenvalue weighted by Crippen LogP contribution is -2.41. The van der Waals surface area contributed by atoms with Gasteiger partial charge in [0.1, 0.15) is 0 Å². The van der Waals surface area contributed by atoms with Crippen LogP contribution in [0.3, 0.4) is 0 Å². The highest BCUT2D eigenvalue weighted by atomic mass is 19.4. The van der Waals surface area contributed by atoms with Crippen LogP contribution in [0.1, 0.15) is 44.4 Å². The third kappa shape index (κ3) is 5.00. The number of rotatable bonds is 5. The van der Waals surface area contributed by atoms with Gasteiger partial charge in [0, 0.05) is 18.2 Å². The SMILES string of the molecule is CC(C)N(C(=O)/C=C(\c1ccccc1)c1ccccc1C(F)(F)F)C(C)C. The van der Waals surface area contributed by atoms with Crippen LogP contribution in [0, 0.1) is 0 Å². The van der Waals surface area contributed by atoms with Gasteiger partial charge in [-0.1, -0.05) is 48.5 Å². The topological polar surface area (TPSA) is 20.3 Å². The van der Waals surface area contributed by atoms with Crippen LogP contribution in [0.2, 0.25) is 0 Å². The molecule has 0 saturated heterocycles. The quantitative estimate of drug-likeness (QED) is 0.607. The number of hydrogen-bond acceptors (Lipinski definition) is 1. The summed E-state index contributed by atoms with van der Waals surface area (Å²) in [5, 5.41) is 0. The number of amides is 1. The first-order chi connectivity index (χ1) is 12.6. The second-order valence-corrected chi connectivity index (χ2v) is 6.90. The smallest absolute Gasteiger partial charge is 0.334 e. The van der Waals surface area contributed by atoms with Gasteiger partial charge >= 0.3 is 6.18 Å². The van der Waals surface area contributed by atoms with E-state index in [1.807, 2.05) is 27.7 Å². The second-order valence-electron chi connectivity index (χ2n) is 6.90. The van der Waals surface area contributed by atoms with Gasteiger partial charge in [0.15, 0.2) is 0 Å². The molecule has 144 valence electrons. The van der Waals surface area contributed by atoms with Crippen molar-refractivity contribution in [2.75, 3.05) is 0 Å². The van der Waals surface area contributed by atoms with E-state index in [1.54, 1.807) is 41.3 Å². The van der Waals surface area contributed by atoms with E-state index in [9.17, 15) is 18.0 Å². The minimum atomic E-state index is -4.51. The molecule has 0 aromatic heterocycles. The van der Waals surface area contributed by atoms with Gasteiger partial charge in [-0.05, 0) is 50.5 Å². The van der Waals surface area contributed by atoms with Crippen molar-refractivity contribution < 1.29 is 18.0 Å². The summed E-state index contributed by atoms with van der Waals surface area (Å²) in [5.74, 6) is -0.309. The Bertz CT molecular complexity index is 800. The van der Waals surface area contributed by atoms with E-state index in [0.717, 1.165) is 6.07 Å². The Balaban J connectivity index is 2.67. The van der Waals surface area contributed by atoms with Crippen LogP contribution in [0.4, 0.5) is 13.2 Å². The fraction of sp³-hybridized carbons (Fsp3) is 0.318. The molecule has 0 radical (unpaired) electrons. The highest BCUT2D eigenvalue weighted by Gasteiger charge is 2.34. The molecule has 27 heavy (non-hydrogen) atoms. The van der Waals surface area contributed by atoms with Crippen molar-refractivity contribution in [2.45, 2.75) is 46.0 Å². The summed E-state index contributed by atoms with van der Waals surface area (Å²) in [5.41, 5.74) is 0.0698. The van der Waals surface area contributed by atoms with Crippen molar-refractivity contribution in [3.8, 4) is 0 Å². The van der Waals surface area contributed by atoms with Crippen molar-refractivity contribution in [1.82, 2.24) is 4.90 Å². The molecule has 0 aliphatic heterocycles. The average molecular weight is 375 g/mol. The van der Waals surface area contributed by atoms with Gasteiger partial charge in [-0.15, -0.1) is 0 Å². The highest BCUT2D eigenvalue weighted by molar-refractivity contribution is 5.99. The van der Waals surface area contributed by atoms with E-state index in [4.69, 9.17) is 0 Å². The molecule has 0 N–H and O–H groups in total. The van der Waals surface area contributed by atoms with Crippen LogP contribution in [0.5, 0.6) is 0 Å². The first kappa shape index (κ1) is 20.7. The maximum atomic E-state index is 13.6. The standard InChI is InChI=1S/C22H24F3NO/c1-15(2)26(16(3)4)21(27)14-19(17-10-6-5-7-11-17)18-12-8-9-13-20(18)22(23,24)25/h5-16H,1-4H3/b19-14+. The lowest BCUT2D eigenvalue weighted by molar-refractivity contribution is -0.137. The van der Waals surface area contributed by atoms with Gasteiger partial charge in [-0.25, -0.2) is 0 Å². The van der Waals surface area contributed by atoms with Gasteiger partial charge in [-0.2, -0.15) is 13.2 Å². The molecule has 2 nitrogen and oxygen atoms in total. The first-order valence-corrected chi connectivity index (χ1v) is 8.89. The molecule has 0 bridgehead atoms. The van der Waals surface area contributed by atoms with Gasteiger partial charge in [0.25, 0.3) is 0 Å². The number of benzene rings is 2. The van der Waals surface area contributed by atoms with Crippen LogP contribution in [0.25, 0.3) is 5.57 Å². The molecule has 2 rings (SSSR count). The van der Waals surface area contributed by atoms with Gasteiger partial charge in [0.2, 0.25) is 5.91 Å². The Morgan fingerprint density at radius 1 is 0.889 bits per heavy atom. The van der Waals surface area contributed by atoms with Crippen LogP contribution in [0.15, 0.2) is 60.7 Å². The Kier molecular flexibility index (Phi) is 6.47. The summed E-state index contributed by atoms with van der Waals surface area (Å²) >= 11 is 0. The monoisotopic (exact) mass is 375 g/mol. The predicted octanol–water partition coefficient (Wildman–Crippen LogP) is 5.78. The maximum Gasteiger partial charge on any atom is 0.417 e. The van der Waals surface area contributed by atoms with Crippen molar-refractivity contribution >= 4 is 11.5 Å². The minimum Gasteiger partial charge on any atom is -0.334 e. The fourth-order valence-electron chi connectivity index (χ4n) is 3.20. The summed E-state index contributed by atoms with van der Waals surface area (Å²) in [7, 11) is 0. The molecule has 0 saturated carbocycles. The lowest BCUT2D eigenvalue weighted by Gasteiger charge is -2.30. The van der Waals surface area contributed by atoms with Crippen molar-refractivity contribution in [1.29, 1.82) is 0 Å². The molecule has 2 aromatic carbocycles. The second kappa shape index (κ2) is 8.42. The van der Waals surface area contributed by atoms with Crippen molar-refractivity contribution in [3.05, 3.63) is 77.4 Å². The van der Waals surface area contributed by atoms with E-state index in [-0.39, 0.29) is 29.1 Å². The zero-order chi connectivity index (χ0) is 20.2. The molecule has 0 aliphatic rings. The Labute approximate surface area is 158 Å². The zero-order valence-corrected chi connectivity index (χ0v) is 15.9. The highest BCUT2D eigenvalue weighted by Crippen LogP contribution is 2.37. The maximum absolute atomic E-state index is 13.6. The Morgan fingerprint density at radius 2 is 1.41 bits per heavy atom. The normalized spacial score (nSPS) is 12.6. The Morgan fingerprint density at radius 3 is 1.93 bits per heavy atom.